The van der Waals surface area contributed by atoms with E-state index in [-0.39, 0.29) is 0 Å². The Morgan fingerprint density at radius 1 is 1.46 bits per heavy atom. The number of hydrogen-bond acceptors (Lipinski definition) is 2. The van der Waals surface area contributed by atoms with Crippen LogP contribution in [0.3, 0.4) is 0 Å². The zero-order valence-corrected chi connectivity index (χ0v) is 7.79. The van der Waals surface area contributed by atoms with Crippen LogP contribution in [-0.2, 0) is 0 Å². The third-order valence-electron chi connectivity index (χ3n) is 2.36. The van der Waals surface area contributed by atoms with Crippen LogP contribution >= 0.6 is 0 Å². The Labute approximate surface area is 78.2 Å². The van der Waals surface area contributed by atoms with Gasteiger partial charge in [-0.3, -0.25) is 0 Å². The smallest absolute Gasteiger partial charge is 0.123 e. The lowest BCUT2D eigenvalue weighted by Gasteiger charge is -2.06. The van der Waals surface area contributed by atoms with Crippen LogP contribution in [0, 0.1) is 12.8 Å². The molecule has 1 fully saturated rings. The van der Waals surface area contributed by atoms with Crippen LogP contribution in [-0.4, -0.2) is 11.7 Å². The first-order chi connectivity index (χ1) is 6.25. The molecule has 0 atom stereocenters. The van der Waals surface area contributed by atoms with Gasteiger partial charge in [0.2, 0.25) is 0 Å². The van der Waals surface area contributed by atoms with E-state index >= 15 is 0 Å². The number of rotatable bonds is 3. The van der Waals surface area contributed by atoms with Gasteiger partial charge in [-0.15, -0.1) is 0 Å². The first-order valence-electron chi connectivity index (χ1n) is 4.68. The zero-order valence-electron chi connectivity index (χ0n) is 7.79. The van der Waals surface area contributed by atoms with Gasteiger partial charge in [-0.2, -0.15) is 0 Å². The highest BCUT2D eigenvalue weighted by atomic mass is 16.5. The SMILES string of the molecule is Cc1ccc(OCC2CC2)cc1O. The van der Waals surface area contributed by atoms with Crippen molar-refractivity contribution in [2.24, 2.45) is 5.92 Å². The lowest BCUT2D eigenvalue weighted by atomic mass is 10.2. The Bertz CT molecular complexity index is 303. The molecule has 70 valence electrons. The van der Waals surface area contributed by atoms with E-state index in [1.165, 1.54) is 12.8 Å². The molecular formula is C11H14O2. The van der Waals surface area contributed by atoms with Crippen LogP contribution in [0.25, 0.3) is 0 Å². The molecule has 2 heteroatoms. The van der Waals surface area contributed by atoms with Crippen molar-refractivity contribution in [3.8, 4) is 11.5 Å². The molecule has 0 bridgehead atoms. The summed E-state index contributed by atoms with van der Waals surface area (Å²) in [7, 11) is 0. The number of ether oxygens (including phenoxy) is 1. The second-order valence-electron chi connectivity index (χ2n) is 3.70. The summed E-state index contributed by atoms with van der Waals surface area (Å²) in [6, 6.07) is 5.45. The molecule has 0 unspecified atom stereocenters. The fraction of sp³-hybridized carbons (Fsp3) is 0.455. The van der Waals surface area contributed by atoms with E-state index in [4.69, 9.17) is 4.74 Å². The second-order valence-corrected chi connectivity index (χ2v) is 3.70. The average Bonchev–Trinajstić information content (AvgIpc) is 2.91. The second kappa shape index (κ2) is 3.29. The summed E-state index contributed by atoms with van der Waals surface area (Å²) in [5, 5.41) is 9.40. The minimum absolute atomic E-state index is 0.313. The van der Waals surface area contributed by atoms with Crippen LogP contribution in [0.2, 0.25) is 0 Å². The van der Waals surface area contributed by atoms with Gasteiger partial charge in [-0.05, 0) is 37.3 Å². The molecule has 13 heavy (non-hydrogen) atoms. The molecule has 2 rings (SSSR count). The molecule has 0 aliphatic heterocycles. The standard InChI is InChI=1S/C11H14O2/c1-8-2-5-10(6-11(8)12)13-7-9-3-4-9/h2,5-6,9,12H,3-4,7H2,1H3. The van der Waals surface area contributed by atoms with Gasteiger partial charge in [0.05, 0.1) is 6.61 Å². The van der Waals surface area contributed by atoms with E-state index in [1.807, 2.05) is 19.1 Å². The normalized spacial score (nSPS) is 15.8. The summed E-state index contributed by atoms with van der Waals surface area (Å²) in [6.45, 7) is 2.67. The van der Waals surface area contributed by atoms with Crippen molar-refractivity contribution >= 4 is 0 Å². The largest absolute Gasteiger partial charge is 0.508 e. The van der Waals surface area contributed by atoms with Gasteiger partial charge >= 0.3 is 0 Å². The maximum atomic E-state index is 9.40. The molecular weight excluding hydrogens is 164 g/mol. The van der Waals surface area contributed by atoms with Crippen molar-refractivity contribution in [1.29, 1.82) is 0 Å². The van der Waals surface area contributed by atoms with Crippen molar-refractivity contribution in [3.63, 3.8) is 0 Å². The molecule has 1 aromatic carbocycles. The van der Waals surface area contributed by atoms with Crippen LogP contribution in [0.4, 0.5) is 0 Å². The van der Waals surface area contributed by atoms with Crippen LogP contribution < -0.4 is 4.74 Å². The van der Waals surface area contributed by atoms with Crippen molar-refractivity contribution in [2.45, 2.75) is 19.8 Å². The molecule has 1 aromatic rings. The maximum Gasteiger partial charge on any atom is 0.123 e. The molecule has 0 heterocycles. The van der Waals surface area contributed by atoms with E-state index in [0.29, 0.717) is 5.75 Å². The lowest BCUT2D eigenvalue weighted by molar-refractivity contribution is 0.298. The first kappa shape index (κ1) is 8.42. The Kier molecular flexibility index (Phi) is 2.13. The van der Waals surface area contributed by atoms with Gasteiger partial charge in [-0.1, -0.05) is 6.07 Å². The number of aromatic hydroxyl groups is 1. The highest BCUT2D eigenvalue weighted by Gasteiger charge is 2.21. The number of hydrogen-bond donors (Lipinski definition) is 1. The third-order valence-corrected chi connectivity index (χ3v) is 2.36. The van der Waals surface area contributed by atoms with E-state index in [9.17, 15) is 5.11 Å². The Hall–Kier alpha value is -1.18. The number of aryl methyl sites for hydroxylation is 1. The lowest BCUT2D eigenvalue weighted by Crippen LogP contribution is -1.98. The molecule has 1 aliphatic carbocycles. The Morgan fingerprint density at radius 3 is 2.85 bits per heavy atom. The number of phenolic OH excluding ortho intramolecular Hbond substituents is 1. The molecule has 0 radical (unpaired) electrons. The molecule has 2 nitrogen and oxygen atoms in total. The van der Waals surface area contributed by atoms with Gasteiger partial charge in [0.15, 0.2) is 0 Å². The predicted octanol–water partition coefficient (Wildman–Crippen LogP) is 2.49. The summed E-state index contributed by atoms with van der Waals surface area (Å²) < 4.78 is 5.51. The van der Waals surface area contributed by atoms with Gasteiger partial charge < -0.3 is 9.84 Å². The predicted molar refractivity (Wildman–Crippen MR) is 51.1 cm³/mol. The summed E-state index contributed by atoms with van der Waals surface area (Å²) >= 11 is 0. The van der Waals surface area contributed by atoms with Gasteiger partial charge in [0, 0.05) is 6.07 Å². The monoisotopic (exact) mass is 178 g/mol. The topological polar surface area (TPSA) is 29.5 Å². The molecule has 1 N–H and O–H groups in total. The number of benzene rings is 1. The van der Waals surface area contributed by atoms with E-state index < -0.39 is 0 Å². The Balaban J connectivity index is 1.98. The minimum Gasteiger partial charge on any atom is -0.508 e. The molecule has 1 saturated carbocycles. The van der Waals surface area contributed by atoms with Crippen molar-refractivity contribution in [2.75, 3.05) is 6.61 Å². The summed E-state index contributed by atoms with van der Waals surface area (Å²) in [5.41, 5.74) is 0.888. The molecule has 1 aliphatic rings. The Morgan fingerprint density at radius 2 is 2.23 bits per heavy atom. The molecule has 0 saturated heterocycles. The summed E-state index contributed by atoms with van der Waals surface area (Å²) in [4.78, 5) is 0. The molecule has 0 spiro atoms. The third kappa shape index (κ3) is 2.14. The fourth-order valence-corrected chi connectivity index (χ4v) is 1.18. The summed E-state index contributed by atoms with van der Waals surface area (Å²) in [5.74, 6) is 1.84. The molecule has 0 aromatic heterocycles. The van der Waals surface area contributed by atoms with Crippen molar-refractivity contribution < 1.29 is 9.84 Å². The average molecular weight is 178 g/mol. The van der Waals surface area contributed by atoms with Gasteiger partial charge in [-0.25, -0.2) is 0 Å². The minimum atomic E-state index is 0.313. The van der Waals surface area contributed by atoms with Crippen LogP contribution in [0.5, 0.6) is 11.5 Å². The first-order valence-corrected chi connectivity index (χ1v) is 4.68. The van der Waals surface area contributed by atoms with E-state index in [1.54, 1.807) is 6.07 Å². The fourth-order valence-electron chi connectivity index (χ4n) is 1.18. The van der Waals surface area contributed by atoms with Crippen LogP contribution in [0.1, 0.15) is 18.4 Å². The van der Waals surface area contributed by atoms with E-state index in [0.717, 1.165) is 23.8 Å². The highest BCUT2D eigenvalue weighted by molar-refractivity contribution is 5.38. The zero-order chi connectivity index (χ0) is 9.26. The van der Waals surface area contributed by atoms with Crippen molar-refractivity contribution in [3.05, 3.63) is 23.8 Å². The van der Waals surface area contributed by atoms with E-state index in [2.05, 4.69) is 0 Å². The highest BCUT2D eigenvalue weighted by Crippen LogP contribution is 2.30. The van der Waals surface area contributed by atoms with Gasteiger partial charge in [0.1, 0.15) is 11.5 Å². The quantitative estimate of drug-likeness (QED) is 0.770. The number of phenols is 1. The van der Waals surface area contributed by atoms with Crippen molar-refractivity contribution in [1.82, 2.24) is 0 Å². The molecule has 0 amide bonds. The van der Waals surface area contributed by atoms with Gasteiger partial charge in [0.25, 0.3) is 0 Å². The maximum absolute atomic E-state index is 9.40. The summed E-state index contributed by atoms with van der Waals surface area (Å²) in [6.07, 6.45) is 2.58. The van der Waals surface area contributed by atoms with Crippen LogP contribution in [0.15, 0.2) is 18.2 Å².